The topological polar surface area (TPSA) is 104 Å². The maximum Gasteiger partial charge on any atom is 0.338 e. The maximum absolute atomic E-state index is 13.8. The van der Waals surface area contributed by atoms with E-state index in [1.54, 1.807) is 23.3 Å². The number of amidine groups is 1. The minimum atomic E-state index is -0.940. The highest BCUT2D eigenvalue weighted by molar-refractivity contribution is 8.00. The average molecular weight is 539 g/mol. The molecule has 0 amide bonds. The summed E-state index contributed by atoms with van der Waals surface area (Å²) in [5.74, 6) is -0.954. The number of thioether (sulfide) groups is 1. The smallest absolute Gasteiger partial charge is 0.338 e. The number of nitrogens with zero attached hydrogens (tertiary/aromatic N) is 3. The number of esters is 1. The van der Waals surface area contributed by atoms with E-state index in [0.717, 1.165) is 11.8 Å². The molecule has 2 aliphatic rings. The van der Waals surface area contributed by atoms with E-state index in [4.69, 9.17) is 21.3 Å². The number of halogens is 2. The van der Waals surface area contributed by atoms with Gasteiger partial charge in [0.05, 0.1) is 12.7 Å². The van der Waals surface area contributed by atoms with Gasteiger partial charge in [0.1, 0.15) is 17.9 Å². The van der Waals surface area contributed by atoms with E-state index in [2.05, 4.69) is 10.3 Å². The van der Waals surface area contributed by atoms with Crippen molar-refractivity contribution in [2.45, 2.75) is 30.7 Å². The van der Waals surface area contributed by atoms with Crippen LogP contribution in [0.5, 0.6) is 0 Å². The van der Waals surface area contributed by atoms with Gasteiger partial charge >= 0.3 is 11.9 Å². The molecule has 2 aromatic rings. The third-order valence-corrected chi connectivity index (χ3v) is 8.36. The molecule has 12 heteroatoms. The molecule has 2 atom stereocenters. The third kappa shape index (κ3) is 5.23. The normalized spacial score (nSPS) is 22.4. The number of aromatic nitrogens is 1. The fourth-order valence-electron chi connectivity index (χ4n) is 4.37. The molecule has 8 nitrogen and oxygen atoms in total. The lowest BCUT2D eigenvalue weighted by Crippen LogP contribution is -2.58. The quantitative estimate of drug-likeness (QED) is 0.536. The summed E-state index contributed by atoms with van der Waals surface area (Å²) in [5, 5.41) is 15.7. The SMILES string of the molecule is COC(=O)C1=C(CN2CCSC(C)(C)[C@H]2C(=O)O)NC(c2nccs2)=N[C@H]1c1ccc(F)cc1Cl. The maximum atomic E-state index is 13.8. The number of rotatable bonds is 6. The number of carbonyl (C=O) groups excluding carboxylic acids is 1. The number of methoxy groups -OCH3 is 1. The molecule has 0 saturated carbocycles. The van der Waals surface area contributed by atoms with Crippen LogP contribution in [0.3, 0.4) is 0 Å². The van der Waals surface area contributed by atoms with Gasteiger partial charge in [-0.2, -0.15) is 11.8 Å². The zero-order chi connectivity index (χ0) is 25.3. The second-order valence-electron chi connectivity index (χ2n) is 8.56. The molecule has 4 rings (SSSR count). The first-order valence-electron chi connectivity index (χ1n) is 10.7. The predicted molar refractivity (Wildman–Crippen MR) is 135 cm³/mol. The lowest BCUT2D eigenvalue weighted by Gasteiger charge is -2.44. The van der Waals surface area contributed by atoms with Crippen molar-refractivity contribution in [2.75, 3.05) is 26.0 Å². The first-order chi connectivity index (χ1) is 16.6. The molecule has 1 fully saturated rings. The summed E-state index contributed by atoms with van der Waals surface area (Å²) in [6.45, 7) is 4.44. The number of nitrogens with one attached hydrogen (secondary N) is 1. The molecule has 1 aromatic heterocycles. The van der Waals surface area contributed by atoms with E-state index in [9.17, 15) is 19.1 Å². The largest absolute Gasteiger partial charge is 0.480 e. The van der Waals surface area contributed by atoms with Crippen molar-refractivity contribution in [3.8, 4) is 0 Å². The summed E-state index contributed by atoms with van der Waals surface area (Å²) in [5.41, 5.74) is 1.05. The summed E-state index contributed by atoms with van der Waals surface area (Å²) in [4.78, 5) is 36.2. The number of aliphatic imine (C=N–C) groups is 1. The van der Waals surface area contributed by atoms with Gasteiger partial charge in [0.15, 0.2) is 10.8 Å². The summed E-state index contributed by atoms with van der Waals surface area (Å²) in [6, 6.07) is 2.21. The molecule has 35 heavy (non-hydrogen) atoms. The summed E-state index contributed by atoms with van der Waals surface area (Å²) in [7, 11) is 1.26. The van der Waals surface area contributed by atoms with E-state index in [0.29, 0.717) is 28.6 Å². The fraction of sp³-hybridized carbons (Fsp3) is 0.391. The molecule has 0 aliphatic carbocycles. The number of benzene rings is 1. The number of ether oxygens (including phenoxy) is 1. The van der Waals surface area contributed by atoms with Crippen LogP contribution in [-0.2, 0) is 14.3 Å². The molecule has 0 unspecified atom stereocenters. The van der Waals surface area contributed by atoms with Gasteiger partial charge in [0, 0.05) is 51.4 Å². The Morgan fingerprint density at radius 1 is 1.40 bits per heavy atom. The van der Waals surface area contributed by atoms with Gasteiger partial charge in [-0.25, -0.2) is 14.2 Å². The van der Waals surface area contributed by atoms with E-state index in [-0.39, 0.29) is 17.1 Å². The molecular formula is C23H24ClFN4O4S2. The van der Waals surface area contributed by atoms with Gasteiger partial charge in [0.25, 0.3) is 0 Å². The molecule has 3 heterocycles. The molecule has 0 spiro atoms. The molecule has 186 valence electrons. The van der Waals surface area contributed by atoms with Crippen LogP contribution >= 0.6 is 34.7 Å². The summed E-state index contributed by atoms with van der Waals surface area (Å²) >= 11 is 9.33. The van der Waals surface area contributed by atoms with Crippen LogP contribution in [0.2, 0.25) is 5.02 Å². The monoisotopic (exact) mass is 538 g/mol. The van der Waals surface area contributed by atoms with Crippen molar-refractivity contribution in [1.82, 2.24) is 15.2 Å². The summed E-state index contributed by atoms with van der Waals surface area (Å²) < 4.78 is 18.4. The van der Waals surface area contributed by atoms with Gasteiger partial charge < -0.3 is 15.2 Å². The van der Waals surface area contributed by atoms with Gasteiger partial charge in [-0.1, -0.05) is 17.7 Å². The van der Waals surface area contributed by atoms with Crippen LogP contribution in [-0.4, -0.2) is 69.5 Å². The molecule has 0 radical (unpaired) electrons. The van der Waals surface area contributed by atoms with E-state index in [1.165, 1.54) is 30.6 Å². The lowest BCUT2D eigenvalue weighted by molar-refractivity contribution is -0.144. The van der Waals surface area contributed by atoms with Crippen molar-refractivity contribution in [1.29, 1.82) is 0 Å². The second kappa shape index (κ2) is 10.3. The van der Waals surface area contributed by atoms with Crippen LogP contribution in [0.1, 0.15) is 30.5 Å². The second-order valence-corrected chi connectivity index (χ2v) is 11.6. The van der Waals surface area contributed by atoms with Crippen molar-refractivity contribution < 1.29 is 23.8 Å². The molecule has 2 N–H and O–H groups in total. The highest BCUT2D eigenvalue weighted by Gasteiger charge is 2.44. The van der Waals surface area contributed by atoms with Gasteiger partial charge in [-0.05, 0) is 26.0 Å². The van der Waals surface area contributed by atoms with E-state index < -0.39 is 34.6 Å². The minimum absolute atomic E-state index is 0.110. The Kier molecular flexibility index (Phi) is 7.51. The zero-order valence-corrected chi connectivity index (χ0v) is 21.6. The van der Waals surface area contributed by atoms with Crippen LogP contribution in [0, 0.1) is 5.82 Å². The van der Waals surface area contributed by atoms with Crippen LogP contribution < -0.4 is 5.32 Å². The van der Waals surface area contributed by atoms with Crippen LogP contribution in [0.25, 0.3) is 0 Å². The van der Waals surface area contributed by atoms with Crippen molar-refractivity contribution >= 4 is 52.5 Å². The Balaban J connectivity index is 1.84. The molecule has 2 aliphatic heterocycles. The zero-order valence-electron chi connectivity index (χ0n) is 19.2. The number of aliphatic carboxylic acids is 1. The first-order valence-corrected chi connectivity index (χ1v) is 13.0. The van der Waals surface area contributed by atoms with Crippen LogP contribution in [0.4, 0.5) is 4.39 Å². The molecular weight excluding hydrogens is 515 g/mol. The fourth-order valence-corrected chi connectivity index (χ4v) is 6.49. The number of hydrogen-bond donors (Lipinski definition) is 2. The molecule has 0 bridgehead atoms. The molecule has 1 saturated heterocycles. The minimum Gasteiger partial charge on any atom is -0.480 e. The van der Waals surface area contributed by atoms with E-state index in [1.807, 2.05) is 18.7 Å². The first kappa shape index (κ1) is 25.6. The van der Waals surface area contributed by atoms with Crippen LogP contribution in [0.15, 0.2) is 46.0 Å². The average Bonchev–Trinajstić information content (AvgIpc) is 3.32. The number of hydrogen-bond acceptors (Lipinski definition) is 9. The van der Waals surface area contributed by atoms with Crippen molar-refractivity contribution in [3.63, 3.8) is 0 Å². The number of thiazole rings is 1. The Bertz CT molecular complexity index is 1200. The highest BCUT2D eigenvalue weighted by atomic mass is 35.5. The Hall–Kier alpha value is -2.47. The number of carboxylic acids is 1. The molecule has 1 aromatic carbocycles. The van der Waals surface area contributed by atoms with E-state index >= 15 is 0 Å². The van der Waals surface area contributed by atoms with Gasteiger partial charge in [-0.3, -0.25) is 14.7 Å². The van der Waals surface area contributed by atoms with Crippen molar-refractivity contribution in [3.05, 3.63) is 62.5 Å². The highest BCUT2D eigenvalue weighted by Crippen LogP contribution is 2.39. The Morgan fingerprint density at radius 2 is 2.17 bits per heavy atom. The third-order valence-electron chi connectivity index (χ3n) is 5.89. The number of carbonyl (C=O) groups is 2. The Labute approximate surface area is 215 Å². The number of carboxylic acid groups (broad SMARTS) is 1. The van der Waals surface area contributed by atoms with Gasteiger partial charge in [-0.15, -0.1) is 11.3 Å². The van der Waals surface area contributed by atoms with Crippen molar-refractivity contribution in [2.24, 2.45) is 4.99 Å². The lowest BCUT2D eigenvalue weighted by atomic mass is 9.94. The standard InChI is InChI=1S/C23H24ClFN4O4S2/c1-23(2)18(21(30)31)29(7-9-35-23)11-15-16(22(32)33-3)17(13-5-4-12(25)10-14(13)24)28-19(27-15)20-26-6-8-34-20/h4-6,8,10,17-18H,7,9,11H2,1-3H3,(H,27,28)(H,30,31)/t17-,18+/m0/s1. The van der Waals surface area contributed by atoms with Gasteiger partial charge in [0.2, 0.25) is 0 Å². The summed E-state index contributed by atoms with van der Waals surface area (Å²) in [6.07, 6.45) is 1.63. The predicted octanol–water partition coefficient (Wildman–Crippen LogP) is 3.73. The Morgan fingerprint density at radius 3 is 2.80 bits per heavy atom.